The van der Waals surface area contributed by atoms with E-state index in [0.29, 0.717) is 5.92 Å². The molecule has 0 spiro atoms. The average Bonchev–Trinajstić information content (AvgIpc) is 2.39. The highest BCUT2D eigenvalue weighted by Crippen LogP contribution is 2.33. The molecule has 1 atom stereocenters. The van der Waals surface area contributed by atoms with Gasteiger partial charge in [-0.3, -0.25) is 0 Å². The lowest BCUT2D eigenvalue weighted by Gasteiger charge is -2.10. The van der Waals surface area contributed by atoms with Gasteiger partial charge in [0.05, 0.1) is 6.10 Å². The van der Waals surface area contributed by atoms with Crippen LogP contribution in [0.2, 0.25) is 0 Å². The Bertz CT molecular complexity index is 576. The number of rotatable bonds is 4. The molecular formula is C17H19BrOS. The van der Waals surface area contributed by atoms with E-state index in [-0.39, 0.29) is 0 Å². The van der Waals surface area contributed by atoms with Crippen molar-refractivity contribution in [3.63, 3.8) is 0 Å². The molecule has 0 heterocycles. The summed E-state index contributed by atoms with van der Waals surface area (Å²) in [6, 6.07) is 14.8. The Kier molecular flexibility index (Phi) is 5.30. The monoisotopic (exact) mass is 350 g/mol. The van der Waals surface area contributed by atoms with Crippen LogP contribution in [-0.2, 0) is 0 Å². The highest BCUT2D eigenvalue weighted by Gasteiger charge is 2.07. The van der Waals surface area contributed by atoms with E-state index in [0.717, 1.165) is 10.0 Å². The lowest BCUT2D eigenvalue weighted by atomic mass is 10.0. The van der Waals surface area contributed by atoms with Crippen LogP contribution in [0.15, 0.2) is 56.7 Å². The summed E-state index contributed by atoms with van der Waals surface area (Å²) in [5.74, 6) is 0.563. The lowest BCUT2D eigenvalue weighted by molar-refractivity contribution is 0.198. The SMILES string of the molecule is CC(C)c1ccc(Sc2ccc([C@H](C)O)c(Br)c2)cc1. The minimum atomic E-state index is -0.450. The molecule has 0 aromatic heterocycles. The molecule has 0 bridgehead atoms. The third-order valence-electron chi connectivity index (χ3n) is 3.20. The third kappa shape index (κ3) is 3.87. The smallest absolute Gasteiger partial charge is 0.0772 e. The molecule has 2 aromatic rings. The van der Waals surface area contributed by atoms with Gasteiger partial charge in [0, 0.05) is 14.3 Å². The van der Waals surface area contributed by atoms with Crippen molar-refractivity contribution >= 4 is 27.7 Å². The molecular weight excluding hydrogens is 332 g/mol. The second-order valence-electron chi connectivity index (χ2n) is 5.19. The summed E-state index contributed by atoms with van der Waals surface area (Å²) in [6.07, 6.45) is -0.450. The van der Waals surface area contributed by atoms with Crippen molar-refractivity contribution in [2.45, 2.75) is 42.6 Å². The second-order valence-corrected chi connectivity index (χ2v) is 7.19. The van der Waals surface area contributed by atoms with Gasteiger partial charge in [0.2, 0.25) is 0 Å². The molecule has 20 heavy (non-hydrogen) atoms. The van der Waals surface area contributed by atoms with Crippen LogP contribution in [0.1, 0.15) is 43.9 Å². The van der Waals surface area contributed by atoms with Crippen LogP contribution in [0.5, 0.6) is 0 Å². The van der Waals surface area contributed by atoms with Crippen molar-refractivity contribution in [3.8, 4) is 0 Å². The Morgan fingerprint density at radius 3 is 2.05 bits per heavy atom. The molecule has 3 heteroatoms. The van der Waals surface area contributed by atoms with Crippen molar-refractivity contribution in [1.82, 2.24) is 0 Å². The maximum absolute atomic E-state index is 9.63. The van der Waals surface area contributed by atoms with Gasteiger partial charge in [-0.2, -0.15) is 0 Å². The molecule has 0 fully saturated rings. The fraction of sp³-hybridized carbons (Fsp3) is 0.294. The van der Waals surface area contributed by atoms with Gasteiger partial charge >= 0.3 is 0 Å². The number of aliphatic hydroxyl groups excluding tert-OH is 1. The summed E-state index contributed by atoms with van der Waals surface area (Å²) in [5, 5.41) is 9.63. The zero-order chi connectivity index (χ0) is 14.7. The third-order valence-corrected chi connectivity index (χ3v) is 4.89. The van der Waals surface area contributed by atoms with Crippen LogP contribution < -0.4 is 0 Å². The number of aliphatic hydroxyl groups is 1. The van der Waals surface area contributed by atoms with Gasteiger partial charge < -0.3 is 5.11 Å². The Morgan fingerprint density at radius 1 is 0.950 bits per heavy atom. The van der Waals surface area contributed by atoms with E-state index in [4.69, 9.17) is 0 Å². The first kappa shape index (κ1) is 15.6. The quantitative estimate of drug-likeness (QED) is 0.754. The van der Waals surface area contributed by atoms with Crippen LogP contribution in [-0.4, -0.2) is 5.11 Å². The van der Waals surface area contributed by atoms with E-state index in [1.807, 2.05) is 12.1 Å². The predicted octanol–water partition coefficient (Wildman–Crippen LogP) is 5.78. The molecule has 0 aliphatic carbocycles. The minimum Gasteiger partial charge on any atom is -0.389 e. The molecule has 0 unspecified atom stereocenters. The first-order valence-electron chi connectivity index (χ1n) is 6.72. The van der Waals surface area contributed by atoms with E-state index >= 15 is 0 Å². The highest BCUT2D eigenvalue weighted by atomic mass is 79.9. The number of benzene rings is 2. The molecule has 0 amide bonds. The topological polar surface area (TPSA) is 20.2 Å². The molecule has 0 aliphatic heterocycles. The number of halogens is 1. The molecule has 106 valence electrons. The Labute approximate surface area is 133 Å². The standard InChI is InChI=1S/C17H19BrOS/c1-11(2)13-4-6-14(7-5-13)20-15-8-9-16(12(3)19)17(18)10-15/h4-12,19H,1-3H3/t12-/m0/s1. The van der Waals surface area contributed by atoms with E-state index < -0.39 is 6.10 Å². The summed E-state index contributed by atoms with van der Waals surface area (Å²) < 4.78 is 0.955. The van der Waals surface area contributed by atoms with Gasteiger partial charge in [-0.15, -0.1) is 0 Å². The predicted molar refractivity (Wildman–Crippen MR) is 89.4 cm³/mol. The van der Waals surface area contributed by atoms with Gasteiger partial charge in [0.1, 0.15) is 0 Å². The summed E-state index contributed by atoms with van der Waals surface area (Å²) in [4.78, 5) is 2.39. The Balaban J connectivity index is 2.15. The Morgan fingerprint density at radius 2 is 1.55 bits per heavy atom. The van der Waals surface area contributed by atoms with Crippen molar-refractivity contribution in [2.24, 2.45) is 0 Å². The van der Waals surface area contributed by atoms with Crippen molar-refractivity contribution in [2.75, 3.05) is 0 Å². The fourth-order valence-corrected chi connectivity index (χ4v) is 3.69. The average molecular weight is 351 g/mol. The van der Waals surface area contributed by atoms with E-state index in [1.165, 1.54) is 15.4 Å². The van der Waals surface area contributed by atoms with Crippen LogP contribution >= 0.6 is 27.7 Å². The molecule has 1 nitrogen and oxygen atoms in total. The number of hydrogen-bond donors (Lipinski definition) is 1. The molecule has 0 radical (unpaired) electrons. The highest BCUT2D eigenvalue weighted by molar-refractivity contribution is 9.10. The van der Waals surface area contributed by atoms with Crippen molar-refractivity contribution < 1.29 is 5.11 Å². The Hall–Kier alpha value is -0.770. The van der Waals surface area contributed by atoms with Crippen LogP contribution in [0, 0.1) is 0 Å². The van der Waals surface area contributed by atoms with Gasteiger partial charge in [0.25, 0.3) is 0 Å². The molecule has 2 aromatic carbocycles. The first-order valence-corrected chi connectivity index (χ1v) is 8.33. The van der Waals surface area contributed by atoms with Crippen LogP contribution in [0.4, 0.5) is 0 Å². The van der Waals surface area contributed by atoms with Gasteiger partial charge in [-0.1, -0.05) is 59.7 Å². The van der Waals surface area contributed by atoms with Crippen LogP contribution in [0.25, 0.3) is 0 Å². The summed E-state index contributed by atoms with van der Waals surface area (Å²) >= 11 is 5.25. The lowest BCUT2D eigenvalue weighted by Crippen LogP contribution is -1.92. The molecule has 0 saturated carbocycles. The summed E-state index contributed by atoms with van der Waals surface area (Å²) in [7, 11) is 0. The number of hydrogen-bond acceptors (Lipinski definition) is 2. The van der Waals surface area contributed by atoms with Gasteiger partial charge in [-0.05, 0) is 48.2 Å². The first-order chi connectivity index (χ1) is 9.47. The maximum atomic E-state index is 9.63. The summed E-state index contributed by atoms with van der Waals surface area (Å²) in [6.45, 7) is 6.18. The van der Waals surface area contributed by atoms with Gasteiger partial charge in [0.15, 0.2) is 0 Å². The zero-order valence-electron chi connectivity index (χ0n) is 11.9. The second kappa shape index (κ2) is 6.79. The van der Waals surface area contributed by atoms with Gasteiger partial charge in [-0.25, -0.2) is 0 Å². The van der Waals surface area contributed by atoms with E-state index in [1.54, 1.807) is 18.7 Å². The van der Waals surface area contributed by atoms with Crippen LogP contribution in [0.3, 0.4) is 0 Å². The molecule has 0 aliphatic rings. The largest absolute Gasteiger partial charge is 0.389 e. The molecule has 1 N–H and O–H groups in total. The molecule has 2 rings (SSSR count). The van der Waals surface area contributed by atoms with E-state index in [2.05, 4.69) is 60.1 Å². The molecule has 0 saturated heterocycles. The van der Waals surface area contributed by atoms with Crippen molar-refractivity contribution in [3.05, 3.63) is 58.1 Å². The normalized spacial score (nSPS) is 12.7. The zero-order valence-corrected chi connectivity index (χ0v) is 14.3. The minimum absolute atomic E-state index is 0.450. The fourth-order valence-electron chi connectivity index (χ4n) is 1.97. The van der Waals surface area contributed by atoms with Crippen molar-refractivity contribution in [1.29, 1.82) is 0 Å². The van der Waals surface area contributed by atoms with E-state index in [9.17, 15) is 5.11 Å². The summed E-state index contributed by atoms with van der Waals surface area (Å²) in [5.41, 5.74) is 2.28. The maximum Gasteiger partial charge on any atom is 0.0772 e.